The fraction of sp³-hybridized carbons (Fsp3) is 0.878. The number of hydrogen-bond donors (Lipinski definition) is 2. The van der Waals surface area contributed by atoms with Crippen molar-refractivity contribution in [3.8, 4) is 0 Å². The molecule has 0 radical (unpaired) electrons. The highest BCUT2D eigenvalue weighted by Crippen LogP contribution is 2.75. The standard InChI is InChI=1S/C41H65NO7/c1-25(2)26(3)37(5)18-19-39(7)29-14-15-32-38(6)23-47-24-41(32,30(29)16-17-40(39,8)34(37)36(45)46)20-31(48-27(4)43)35(38)49-33(44)22-42-21-28-12-10-9-11-13-28/h16,25-26,28-29,31-32,34-35,42H,9-15,17-24H2,1-8H3,(H,45,46)/t26-,29+,31-,32+,34-,35+,37-,38-,39-,40+,41-/m1/s1. The van der Waals surface area contributed by atoms with Crippen molar-refractivity contribution in [3.05, 3.63) is 11.6 Å². The largest absolute Gasteiger partial charge is 0.481 e. The van der Waals surface area contributed by atoms with Crippen LogP contribution in [0.1, 0.15) is 126 Å². The summed E-state index contributed by atoms with van der Waals surface area (Å²) in [6.07, 6.45) is 12.6. The van der Waals surface area contributed by atoms with Gasteiger partial charge < -0.3 is 24.6 Å². The summed E-state index contributed by atoms with van der Waals surface area (Å²) >= 11 is 0. The van der Waals surface area contributed by atoms with Gasteiger partial charge in [0.2, 0.25) is 0 Å². The number of hydrogen-bond acceptors (Lipinski definition) is 7. The van der Waals surface area contributed by atoms with E-state index >= 15 is 0 Å². The van der Waals surface area contributed by atoms with E-state index in [1.807, 2.05) is 0 Å². The van der Waals surface area contributed by atoms with E-state index in [4.69, 9.17) is 14.2 Å². The van der Waals surface area contributed by atoms with Crippen molar-refractivity contribution in [3.63, 3.8) is 0 Å². The molecule has 8 nitrogen and oxygen atoms in total. The Balaban J connectivity index is 1.31. The molecule has 0 aromatic carbocycles. The minimum Gasteiger partial charge on any atom is -0.481 e. The Morgan fingerprint density at radius 2 is 1.67 bits per heavy atom. The fourth-order valence-corrected chi connectivity index (χ4v) is 13.1. The first-order chi connectivity index (χ1) is 23.0. The molecule has 11 atom stereocenters. The van der Waals surface area contributed by atoms with E-state index in [-0.39, 0.29) is 52.5 Å². The Kier molecular flexibility index (Phi) is 9.96. The number of ether oxygens (including phenoxy) is 3. The molecule has 276 valence electrons. The van der Waals surface area contributed by atoms with Crippen LogP contribution in [0.4, 0.5) is 0 Å². The van der Waals surface area contributed by atoms with Crippen molar-refractivity contribution in [1.82, 2.24) is 5.32 Å². The second kappa shape index (κ2) is 13.2. The minimum atomic E-state index is -0.661. The van der Waals surface area contributed by atoms with E-state index < -0.39 is 34.9 Å². The van der Waals surface area contributed by atoms with Gasteiger partial charge in [-0.1, -0.05) is 79.4 Å². The van der Waals surface area contributed by atoms with Crippen LogP contribution in [0.5, 0.6) is 0 Å². The second-order valence-corrected chi connectivity index (χ2v) is 18.7. The zero-order chi connectivity index (χ0) is 35.6. The molecule has 2 bridgehead atoms. The summed E-state index contributed by atoms with van der Waals surface area (Å²) in [7, 11) is 0. The zero-order valence-corrected chi connectivity index (χ0v) is 31.7. The molecule has 5 aliphatic carbocycles. The number of esters is 2. The number of nitrogens with one attached hydrogen (secondary N) is 1. The van der Waals surface area contributed by atoms with Crippen molar-refractivity contribution < 1.29 is 33.7 Å². The Hall–Kier alpha value is -1.93. The van der Waals surface area contributed by atoms with Gasteiger partial charge in [0.15, 0.2) is 0 Å². The molecule has 4 saturated carbocycles. The number of carboxylic acid groups (broad SMARTS) is 1. The number of rotatable bonds is 9. The smallest absolute Gasteiger partial charge is 0.320 e. The molecule has 1 saturated heterocycles. The first-order valence-electron chi connectivity index (χ1n) is 19.6. The average molecular weight is 684 g/mol. The highest BCUT2D eigenvalue weighted by Gasteiger charge is 2.72. The van der Waals surface area contributed by atoms with Crippen LogP contribution in [-0.2, 0) is 28.6 Å². The van der Waals surface area contributed by atoms with E-state index in [2.05, 4.69) is 59.9 Å². The molecule has 5 fully saturated rings. The summed E-state index contributed by atoms with van der Waals surface area (Å²) in [5.74, 6) is -0.0588. The van der Waals surface area contributed by atoms with Gasteiger partial charge in [0.25, 0.3) is 0 Å². The normalized spacial score (nSPS) is 44.1. The zero-order valence-electron chi connectivity index (χ0n) is 31.7. The lowest BCUT2D eigenvalue weighted by atomic mass is 9.34. The summed E-state index contributed by atoms with van der Waals surface area (Å²) in [4.78, 5) is 39.4. The van der Waals surface area contributed by atoms with Crippen LogP contribution in [0, 0.1) is 62.6 Å². The number of carboxylic acids is 1. The van der Waals surface area contributed by atoms with Crippen LogP contribution in [0.2, 0.25) is 0 Å². The van der Waals surface area contributed by atoms with E-state index in [0.717, 1.165) is 32.2 Å². The Bertz CT molecular complexity index is 1320. The monoisotopic (exact) mass is 683 g/mol. The molecule has 1 heterocycles. The Labute approximate surface area is 295 Å². The molecule has 0 aromatic rings. The van der Waals surface area contributed by atoms with Gasteiger partial charge in [-0.15, -0.1) is 0 Å². The van der Waals surface area contributed by atoms with Crippen LogP contribution in [-0.4, -0.2) is 61.5 Å². The Morgan fingerprint density at radius 1 is 0.959 bits per heavy atom. The van der Waals surface area contributed by atoms with E-state index in [0.29, 0.717) is 37.9 Å². The highest BCUT2D eigenvalue weighted by atomic mass is 16.6. The predicted molar refractivity (Wildman–Crippen MR) is 188 cm³/mol. The van der Waals surface area contributed by atoms with Crippen molar-refractivity contribution >= 4 is 17.9 Å². The Morgan fingerprint density at radius 3 is 2.33 bits per heavy atom. The van der Waals surface area contributed by atoms with Crippen LogP contribution >= 0.6 is 0 Å². The third-order valence-electron chi connectivity index (χ3n) is 16.1. The molecular weight excluding hydrogens is 618 g/mol. The topological polar surface area (TPSA) is 111 Å². The fourth-order valence-electron chi connectivity index (χ4n) is 13.1. The highest BCUT2D eigenvalue weighted by molar-refractivity contribution is 5.73. The average Bonchev–Trinajstić information content (AvgIpc) is 3.03. The molecule has 1 aliphatic heterocycles. The molecule has 8 heteroatoms. The number of carbonyl (C=O) groups is 3. The van der Waals surface area contributed by atoms with Crippen LogP contribution in [0.25, 0.3) is 0 Å². The quantitative estimate of drug-likeness (QED) is 0.189. The van der Waals surface area contributed by atoms with Crippen LogP contribution in [0.15, 0.2) is 11.6 Å². The molecule has 0 unspecified atom stereocenters. The first kappa shape index (κ1) is 36.8. The maximum atomic E-state index is 13.4. The molecular formula is C41H65NO7. The lowest BCUT2D eigenvalue weighted by Crippen LogP contribution is -2.70. The van der Waals surface area contributed by atoms with Gasteiger partial charge in [-0.2, -0.15) is 0 Å². The van der Waals surface area contributed by atoms with Gasteiger partial charge in [-0.3, -0.25) is 14.4 Å². The number of fused-ring (bicyclic) bond motifs is 3. The van der Waals surface area contributed by atoms with E-state index in [1.54, 1.807) is 0 Å². The lowest BCUT2D eigenvalue weighted by molar-refractivity contribution is -0.262. The summed E-state index contributed by atoms with van der Waals surface area (Å²) in [6.45, 7) is 19.2. The first-order valence-corrected chi connectivity index (χ1v) is 19.6. The van der Waals surface area contributed by atoms with Gasteiger partial charge in [0, 0.05) is 17.8 Å². The molecule has 0 aromatic heterocycles. The van der Waals surface area contributed by atoms with Crippen molar-refractivity contribution in [2.75, 3.05) is 26.3 Å². The summed E-state index contributed by atoms with van der Waals surface area (Å²) < 4.78 is 19.0. The molecule has 6 aliphatic rings. The summed E-state index contributed by atoms with van der Waals surface area (Å²) in [5.41, 5.74) is -0.394. The SMILES string of the molecule is CC(=O)O[C@@H]1C[C@]23COC[C@](C)([C@@H]2CC[C@H]2C3=CC[C@@]3(C)[C@H](C(=O)O)[C@@](C)([C@H](C)C(C)C)CC[C@]23C)[C@H]1OC(=O)CNCC1CCCCC1. The van der Waals surface area contributed by atoms with Crippen LogP contribution < -0.4 is 5.32 Å². The molecule has 6 rings (SSSR count). The van der Waals surface area contributed by atoms with E-state index in [1.165, 1.54) is 44.6 Å². The predicted octanol–water partition coefficient (Wildman–Crippen LogP) is 7.59. The van der Waals surface area contributed by atoms with Crippen molar-refractivity contribution in [2.24, 2.45) is 62.6 Å². The second-order valence-electron chi connectivity index (χ2n) is 18.7. The summed E-state index contributed by atoms with van der Waals surface area (Å²) in [5, 5.41) is 14.3. The third-order valence-corrected chi connectivity index (χ3v) is 16.1. The molecule has 2 N–H and O–H groups in total. The third kappa shape index (κ3) is 5.81. The molecule has 0 spiro atoms. The van der Waals surface area contributed by atoms with Gasteiger partial charge in [0.1, 0.15) is 12.2 Å². The maximum absolute atomic E-state index is 13.4. The minimum absolute atomic E-state index is 0.149. The van der Waals surface area contributed by atoms with Crippen molar-refractivity contribution in [2.45, 2.75) is 138 Å². The van der Waals surface area contributed by atoms with Crippen molar-refractivity contribution in [1.29, 1.82) is 0 Å². The molecule has 49 heavy (non-hydrogen) atoms. The van der Waals surface area contributed by atoms with Crippen LogP contribution in [0.3, 0.4) is 0 Å². The van der Waals surface area contributed by atoms with Gasteiger partial charge in [-0.05, 0) is 104 Å². The maximum Gasteiger partial charge on any atom is 0.320 e. The summed E-state index contributed by atoms with van der Waals surface area (Å²) in [6, 6.07) is 0. The number of allylic oxidation sites excluding steroid dienone is 1. The lowest BCUT2D eigenvalue weighted by Gasteiger charge is -2.71. The molecule has 0 amide bonds. The van der Waals surface area contributed by atoms with Gasteiger partial charge in [-0.25, -0.2) is 0 Å². The number of carbonyl (C=O) groups excluding carboxylic acids is 2. The number of aliphatic carboxylic acids is 1. The van der Waals surface area contributed by atoms with Gasteiger partial charge >= 0.3 is 17.9 Å². The van der Waals surface area contributed by atoms with E-state index in [9.17, 15) is 19.5 Å². The van der Waals surface area contributed by atoms with Gasteiger partial charge in [0.05, 0.1) is 25.7 Å².